The van der Waals surface area contributed by atoms with Crippen LogP contribution in [0, 0.1) is 0 Å². The zero-order chi connectivity index (χ0) is 17.5. The van der Waals surface area contributed by atoms with Crippen molar-refractivity contribution in [1.82, 2.24) is 14.5 Å². The van der Waals surface area contributed by atoms with Crippen LogP contribution in [0.2, 0.25) is 0 Å². The lowest BCUT2D eigenvalue weighted by molar-refractivity contribution is -0.137. The highest BCUT2D eigenvalue weighted by atomic mass is 32.2. The van der Waals surface area contributed by atoms with Crippen molar-refractivity contribution in [2.24, 2.45) is 7.05 Å². The average molecular weight is 353 g/mol. The second-order valence-electron chi connectivity index (χ2n) is 5.17. The van der Waals surface area contributed by atoms with E-state index in [1.54, 1.807) is 23.7 Å². The number of aromatic nitrogens is 3. The van der Waals surface area contributed by atoms with Gasteiger partial charge in [-0.1, -0.05) is 6.92 Å². The number of halogens is 3. The Morgan fingerprint density at radius 3 is 2.67 bits per heavy atom. The van der Waals surface area contributed by atoms with Gasteiger partial charge < -0.3 is 9.67 Å². The van der Waals surface area contributed by atoms with E-state index in [1.165, 1.54) is 17.8 Å². The van der Waals surface area contributed by atoms with E-state index >= 15 is 0 Å². The summed E-state index contributed by atoms with van der Waals surface area (Å²) in [6, 6.07) is 5.86. The summed E-state index contributed by atoms with van der Waals surface area (Å²) in [6.45, 7) is 1.98. The maximum Gasteiger partial charge on any atom is 0.417 e. The molecule has 0 fully saturated rings. The molecule has 0 bridgehead atoms. The Hall–Kier alpha value is -2.22. The molecule has 1 aromatic carbocycles. The molecule has 0 atom stereocenters. The third kappa shape index (κ3) is 2.93. The van der Waals surface area contributed by atoms with Crippen LogP contribution in [0.1, 0.15) is 12.5 Å². The second kappa shape index (κ2) is 6.01. The fraction of sp³-hybridized carbons (Fsp3) is 0.250. The molecule has 24 heavy (non-hydrogen) atoms. The van der Waals surface area contributed by atoms with Crippen molar-refractivity contribution < 1.29 is 18.3 Å². The van der Waals surface area contributed by atoms with Crippen molar-refractivity contribution in [1.29, 1.82) is 0 Å². The molecule has 0 aliphatic carbocycles. The summed E-state index contributed by atoms with van der Waals surface area (Å²) in [4.78, 5) is 9.06. The standard InChI is InChI=1S/C16H14F3N3OS/c1-3-24-13-7-10(23)4-5-11(13)14-21-12-6-9(16(17,18)19)8-20-15(12)22(14)2/h4-8,23H,3H2,1-2H3. The van der Waals surface area contributed by atoms with E-state index in [0.29, 0.717) is 11.5 Å². The summed E-state index contributed by atoms with van der Waals surface area (Å²) in [6.07, 6.45) is -3.65. The van der Waals surface area contributed by atoms with Gasteiger partial charge >= 0.3 is 6.18 Å². The first kappa shape index (κ1) is 16.6. The van der Waals surface area contributed by atoms with E-state index < -0.39 is 11.7 Å². The Morgan fingerprint density at radius 1 is 1.25 bits per heavy atom. The topological polar surface area (TPSA) is 50.9 Å². The number of aromatic hydroxyl groups is 1. The van der Waals surface area contributed by atoms with Crippen LogP contribution in [0.4, 0.5) is 13.2 Å². The summed E-state index contributed by atoms with van der Waals surface area (Å²) in [5.74, 6) is 1.43. The molecule has 0 spiro atoms. The quantitative estimate of drug-likeness (QED) is 0.706. The molecular formula is C16H14F3N3OS. The fourth-order valence-corrected chi connectivity index (χ4v) is 3.27. The lowest BCUT2D eigenvalue weighted by atomic mass is 10.2. The minimum Gasteiger partial charge on any atom is -0.508 e. The number of aryl methyl sites for hydroxylation is 1. The molecule has 0 aliphatic heterocycles. The smallest absolute Gasteiger partial charge is 0.417 e. The SMILES string of the molecule is CCSc1cc(O)ccc1-c1nc2cc(C(F)(F)F)cnc2n1C. The van der Waals surface area contributed by atoms with Gasteiger partial charge in [0.15, 0.2) is 5.65 Å². The van der Waals surface area contributed by atoms with E-state index in [2.05, 4.69) is 9.97 Å². The summed E-state index contributed by atoms with van der Waals surface area (Å²) >= 11 is 1.52. The Morgan fingerprint density at radius 2 is 2.00 bits per heavy atom. The van der Waals surface area contributed by atoms with Gasteiger partial charge in [0.25, 0.3) is 0 Å². The number of thioether (sulfide) groups is 1. The summed E-state index contributed by atoms with van der Waals surface area (Å²) in [5, 5.41) is 9.67. The maximum atomic E-state index is 12.8. The molecule has 1 N–H and O–H groups in total. The lowest BCUT2D eigenvalue weighted by Gasteiger charge is -2.09. The van der Waals surface area contributed by atoms with E-state index in [-0.39, 0.29) is 11.3 Å². The zero-order valence-electron chi connectivity index (χ0n) is 12.9. The van der Waals surface area contributed by atoms with Crippen LogP contribution in [0.25, 0.3) is 22.6 Å². The molecule has 3 aromatic rings. The summed E-state index contributed by atoms with van der Waals surface area (Å²) < 4.78 is 40.2. The van der Waals surface area contributed by atoms with Crippen molar-refractivity contribution >= 4 is 22.9 Å². The van der Waals surface area contributed by atoms with Crippen molar-refractivity contribution in [3.8, 4) is 17.1 Å². The fourth-order valence-electron chi connectivity index (χ4n) is 2.44. The predicted molar refractivity (Wildman–Crippen MR) is 87.0 cm³/mol. The highest BCUT2D eigenvalue weighted by Gasteiger charge is 2.31. The van der Waals surface area contributed by atoms with E-state index in [1.807, 2.05) is 6.92 Å². The summed E-state index contributed by atoms with van der Waals surface area (Å²) in [7, 11) is 1.71. The summed E-state index contributed by atoms with van der Waals surface area (Å²) in [5.41, 5.74) is 0.476. The number of fused-ring (bicyclic) bond motifs is 1. The van der Waals surface area contributed by atoms with E-state index in [4.69, 9.17) is 0 Å². The number of imidazole rings is 1. The monoisotopic (exact) mass is 353 g/mol. The van der Waals surface area contributed by atoms with Crippen molar-refractivity contribution in [2.45, 2.75) is 18.0 Å². The first-order chi connectivity index (χ1) is 11.3. The van der Waals surface area contributed by atoms with Gasteiger partial charge in [-0.3, -0.25) is 0 Å². The number of hydrogen-bond acceptors (Lipinski definition) is 4. The van der Waals surface area contributed by atoms with Gasteiger partial charge in [-0.15, -0.1) is 11.8 Å². The normalized spacial score (nSPS) is 12.0. The Bertz CT molecular complexity index is 905. The van der Waals surface area contributed by atoms with Gasteiger partial charge in [-0.05, 0) is 30.0 Å². The number of pyridine rings is 1. The van der Waals surface area contributed by atoms with Crippen LogP contribution >= 0.6 is 11.8 Å². The first-order valence-electron chi connectivity index (χ1n) is 7.17. The van der Waals surface area contributed by atoms with Crippen molar-refractivity contribution in [3.63, 3.8) is 0 Å². The van der Waals surface area contributed by atoms with Crippen LogP contribution in [0.3, 0.4) is 0 Å². The Labute approximate surface area is 140 Å². The van der Waals surface area contributed by atoms with Crippen LogP contribution in [0.5, 0.6) is 5.75 Å². The number of nitrogens with zero attached hydrogens (tertiary/aromatic N) is 3. The molecular weight excluding hydrogens is 339 g/mol. The van der Waals surface area contributed by atoms with Crippen LogP contribution in [-0.4, -0.2) is 25.4 Å². The molecule has 0 unspecified atom stereocenters. The van der Waals surface area contributed by atoms with Gasteiger partial charge in [-0.25, -0.2) is 9.97 Å². The minimum absolute atomic E-state index is 0.131. The first-order valence-corrected chi connectivity index (χ1v) is 8.15. The molecule has 0 aliphatic rings. The number of phenolic OH excluding ortho intramolecular Hbond substituents is 1. The molecule has 0 saturated carbocycles. The molecule has 0 amide bonds. The zero-order valence-corrected chi connectivity index (χ0v) is 13.7. The number of benzene rings is 1. The highest BCUT2D eigenvalue weighted by molar-refractivity contribution is 7.99. The van der Waals surface area contributed by atoms with E-state index in [0.717, 1.165) is 28.5 Å². The van der Waals surface area contributed by atoms with Crippen LogP contribution < -0.4 is 0 Å². The van der Waals surface area contributed by atoms with Gasteiger partial charge in [0.1, 0.15) is 17.1 Å². The third-order valence-electron chi connectivity index (χ3n) is 3.54. The number of phenols is 1. The molecule has 126 valence electrons. The predicted octanol–water partition coefficient (Wildman–Crippen LogP) is 4.47. The molecule has 2 heterocycles. The van der Waals surface area contributed by atoms with Gasteiger partial charge in [0.05, 0.1) is 5.56 Å². The lowest BCUT2D eigenvalue weighted by Crippen LogP contribution is -2.05. The van der Waals surface area contributed by atoms with Crippen LogP contribution in [-0.2, 0) is 13.2 Å². The Balaban J connectivity index is 2.19. The van der Waals surface area contributed by atoms with Gasteiger partial charge in [-0.2, -0.15) is 13.2 Å². The Kier molecular flexibility index (Phi) is 4.16. The van der Waals surface area contributed by atoms with E-state index in [9.17, 15) is 18.3 Å². The molecule has 2 aromatic heterocycles. The number of alkyl halides is 3. The largest absolute Gasteiger partial charge is 0.508 e. The third-order valence-corrected chi connectivity index (χ3v) is 4.48. The molecule has 0 radical (unpaired) electrons. The highest BCUT2D eigenvalue weighted by Crippen LogP contribution is 2.36. The van der Waals surface area contributed by atoms with Crippen molar-refractivity contribution in [3.05, 3.63) is 36.0 Å². The van der Waals surface area contributed by atoms with Crippen molar-refractivity contribution in [2.75, 3.05) is 5.75 Å². The maximum absolute atomic E-state index is 12.8. The van der Waals surface area contributed by atoms with Gasteiger partial charge in [0.2, 0.25) is 0 Å². The number of rotatable bonds is 3. The number of hydrogen-bond donors (Lipinski definition) is 1. The van der Waals surface area contributed by atoms with Gasteiger partial charge in [0, 0.05) is 23.7 Å². The second-order valence-corrected chi connectivity index (χ2v) is 6.48. The minimum atomic E-state index is -4.46. The molecule has 8 heteroatoms. The molecule has 4 nitrogen and oxygen atoms in total. The average Bonchev–Trinajstić information content (AvgIpc) is 2.83. The molecule has 0 saturated heterocycles. The molecule has 3 rings (SSSR count). The van der Waals surface area contributed by atoms with Crippen LogP contribution in [0.15, 0.2) is 35.4 Å².